The van der Waals surface area contributed by atoms with E-state index in [2.05, 4.69) is 27.4 Å². The summed E-state index contributed by atoms with van der Waals surface area (Å²) in [6.45, 7) is 1.05. The first-order valence-electron chi connectivity index (χ1n) is 10.4. The van der Waals surface area contributed by atoms with Crippen molar-refractivity contribution in [3.63, 3.8) is 0 Å². The average Bonchev–Trinajstić information content (AvgIpc) is 3.09. The number of imidazole rings is 1. The van der Waals surface area contributed by atoms with Gasteiger partial charge in [0.25, 0.3) is 0 Å². The van der Waals surface area contributed by atoms with E-state index in [-0.39, 0.29) is 11.5 Å². The Hall–Kier alpha value is -2.40. The third-order valence-electron chi connectivity index (χ3n) is 5.98. The van der Waals surface area contributed by atoms with Crippen LogP contribution in [0.25, 0.3) is 11.0 Å². The minimum atomic E-state index is -0.165. The SMILES string of the molecule is O=c1[nH]c2ccc(C3CCC(NCCCCc4ccc(F)cc4)CC3)cc2[nH]1. The molecule has 28 heavy (non-hydrogen) atoms. The van der Waals surface area contributed by atoms with Crippen molar-refractivity contribution in [2.24, 2.45) is 0 Å². The van der Waals surface area contributed by atoms with E-state index in [9.17, 15) is 9.18 Å². The fourth-order valence-corrected chi connectivity index (χ4v) is 4.35. The van der Waals surface area contributed by atoms with Crippen molar-refractivity contribution >= 4 is 11.0 Å². The zero-order chi connectivity index (χ0) is 19.3. The normalized spacial score (nSPS) is 19.9. The number of aromatic nitrogens is 2. The number of rotatable bonds is 7. The highest BCUT2D eigenvalue weighted by molar-refractivity contribution is 5.75. The summed E-state index contributed by atoms with van der Waals surface area (Å²) in [6, 6.07) is 13.7. The molecule has 3 aromatic rings. The van der Waals surface area contributed by atoms with Crippen molar-refractivity contribution in [1.82, 2.24) is 15.3 Å². The molecular formula is C23H28FN3O. The lowest BCUT2D eigenvalue weighted by Gasteiger charge is -2.29. The molecule has 0 atom stereocenters. The fourth-order valence-electron chi connectivity index (χ4n) is 4.35. The van der Waals surface area contributed by atoms with E-state index in [1.165, 1.54) is 48.9 Å². The Balaban J connectivity index is 1.17. The monoisotopic (exact) mass is 381 g/mol. The van der Waals surface area contributed by atoms with Crippen LogP contribution in [0.3, 0.4) is 0 Å². The maximum atomic E-state index is 12.9. The van der Waals surface area contributed by atoms with E-state index < -0.39 is 0 Å². The van der Waals surface area contributed by atoms with E-state index in [4.69, 9.17) is 0 Å². The number of benzene rings is 2. The van der Waals surface area contributed by atoms with Gasteiger partial charge in [0.2, 0.25) is 0 Å². The van der Waals surface area contributed by atoms with Crippen LogP contribution >= 0.6 is 0 Å². The summed E-state index contributed by atoms with van der Waals surface area (Å²) in [4.78, 5) is 17.1. The zero-order valence-corrected chi connectivity index (χ0v) is 16.1. The number of aromatic amines is 2. The first-order chi connectivity index (χ1) is 13.7. The average molecular weight is 381 g/mol. The van der Waals surface area contributed by atoms with Crippen LogP contribution in [0.4, 0.5) is 4.39 Å². The number of hydrogen-bond donors (Lipinski definition) is 3. The van der Waals surface area contributed by atoms with E-state index in [1.54, 1.807) is 0 Å². The molecule has 4 nitrogen and oxygen atoms in total. The van der Waals surface area contributed by atoms with E-state index in [0.29, 0.717) is 12.0 Å². The Morgan fingerprint density at radius 3 is 2.46 bits per heavy atom. The second-order valence-electron chi connectivity index (χ2n) is 7.97. The van der Waals surface area contributed by atoms with Gasteiger partial charge in [-0.05, 0) is 92.8 Å². The maximum absolute atomic E-state index is 12.9. The number of nitrogens with one attached hydrogen (secondary N) is 3. The van der Waals surface area contributed by atoms with Gasteiger partial charge in [0.15, 0.2) is 0 Å². The van der Waals surface area contributed by atoms with Crippen LogP contribution < -0.4 is 11.0 Å². The Morgan fingerprint density at radius 1 is 0.929 bits per heavy atom. The van der Waals surface area contributed by atoms with Crippen molar-refractivity contribution in [3.8, 4) is 0 Å². The Kier molecular flexibility index (Phi) is 5.91. The molecule has 0 spiro atoms. The van der Waals surface area contributed by atoms with E-state index in [0.717, 1.165) is 36.8 Å². The van der Waals surface area contributed by atoms with Crippen molar-refractivity contribution in [2.75, 3.05) is 6.54 Å². The molecule has 1 aliphatic carbocycles. The Labute approximate surface area is 164 Å². The highest BCUT2D eigenvalue weighted by atomic mass is 19.1. The van der Waals surface area contributed by atoms with Crippen LogP contribution in [0.5, 0.6) is 0 Å². The van der Waals surface area contributed by atoms with Gasteiger partial charge in [0, 0.05) is 6.04 Å². The van der Waals surface area contributed by atoms with Crippen LogP contribution in [0.2, 0.25) is 0 Å². The molecule has 0 bridgehead atoms. The molecule has 0 amide bonds. The summed E-state index contributed by atoms with van der Waals surface area (Å²) in [6.07, 6.45) is 8.06. The van der Waals surface area contributed by atoms with Crippen LogP contribution in [0.1, 0.15) is 55.6 Å². The van der Waals surface area contributed by atoms with Gasteiger partial charge < -0.3 is 15.3 Å². The molecule has 0 saturated heterocycles. The van der Waals surface area contributed by atoms with Gasteiger partial charge in [-0.15, -0.1) is 0 Å². The number of halogens is 1. The second-order valence-corrected chi connectivity index (χ2v) is 7.97. The Morgan fingerprint density at radius 2 is 1.68 bits per heavy atom. The third-order valence-corrected chi connectivity index (χ3v) is 5.98. The van der Waals surface area contributed by atoms with Gasteiger partial charge in [0.1, 0.15) is 5.82 Å². The predicted molar refractivity (Wildman–Crippen MR) is 111 cm³/mol. The minimum Gasteiger partial charge on any atom is -0.314 e. The molecular weight excluding hydrogens is 353 g/mol. The second kappa shape index (κ2) is 8.74. The molecule has 1 aliphatic rings. The van der Waals surface area contributed by atoms with Crippen LogP contribution in [0, 0.1) is 5.82 Å². The summed E-state index contributed by atoms with van der Waals surface area (Å²) < 4.78 is 12.9. The summed E-state index contributed by atoms with van der Waals surface area (Å²) in [5.74, 6) is 0.418. The standard InChI is InChI=1S/C23H28FN3O/c24-19-9-4-16(5-10-19)3-1-2-14-25-20-11-6-17(7-12-20)18-8-13-21-22(15-18)27-23(28)26-21/h4-5,8-10,13,15,17,20,25H,1-3,6-7,11-12,14H2,(H2,26,27,28). The zero-order valence-electron chi connectivity index (χ0n) is 16.1. The smallest absolute Gasteiger partial charge is 0.314 e. The van der Waals surface area contributed by atoms with Gasteiger partial charge in [-0.2, -0.15) is 0 Å². The number of aryl methyl sites for hydroxylation is 1. The minimum absolute atomic E-state index is 0.139. The van der Waals surface area contributed by atoms with Gasteiger partial charge in [-0.1, -0.05) is 18.2 Å². The van der Waals surface area contributed by atoms with Gasteiger partial charge in [-0.3, -0.25) is 0 Å². The molecule has 4 rings (SSSR count). The molecule has 1 aromatic heterocycles. The quantitative estimate of drug-likeness (QED) is 0.523. The van der Waals surface area contributed by atoms with Crippen LogP contribution in [0.15, 0.2) is 47.3 Å². The highest BCUT2D eigenvalue weighted by Gasteiger charge is 2.22. The number of H-pyrrole nitrogens is 2. The summed E-state index contributed by atoms with van der Waals surface area (Å²) >= 11 is 0. The van der Waals surface area contributed by atoms with Crippen LogP contribution in [-0.2, 0) is 6.42 Å². The van der Waals surface area contributed by atoms with Crippen molar-refractivity contribution in [2.45, 2.75) is 56.9 Å². The third kappa shape index (κ3) is 4.71. The lowest BCUT2D eigenvalue weighted by molar-refractivity contribution is 0.341. The molecule has 1 heterocycles. The Bertz CT molecular complexity index is 952. The summed E-state index contributed by atoms with van der Waals surface area (Å²) in [5.41, 5.74) is 4.19. The van der Waals surface area contributed by atoms with Crippen molar-refractivity contribution < 1.29 is 4.39 Å². The first-order valence-corrected chi connectivity index (χ1v) is 10.4. The highest BCUT2D eigenvalue weighted by Crippen LogP contribution is 2.33. The van der Waals surface area contributed by atoms with E-state index in [1.807, 2.05) is 18.2 Å². The molecule has 1 saturated carbocycles. The lowest BCUT2D eigenvalue weighted by atomic mass is 9.81. The molecule has 148 valence electrons. The summed E-state index contributed by atoms with van der Waals surface area (Å²) in [7, 11) is 0. The molecule has 0 radical (unpaired) electrons. The van der Waals surface area contributed by atoms with Gasteiger partial charge in [-0.25, -0.2) is 9.18 Å². The number of unbranched alkanes of at least 4 members (excludes halogenated alkanes) is 1. The topological polar surface area (TPSA) is 60.7 Å². The molecule has 5 heteroatoms. The first kappa shape index (κ1) is 18.9. The van der Waals surface area contributed by atoms with Crippen molar-refractivity contribution in [1.29, 1.82) is 0 Å². The van der Waals surface area contributed by atoms with Crippen LogP contribution in [-0.4, -0.2) is 22.6 Å². The molecule has 3 N–H and O–H groups in total. The number of hydrogen-bond acceptors (Lipinski definition) is 2. The lowest BCUT2D eigenvalue weighted by Crippen LogP contribution is -2.33. The van der Waals surface area contributed by atoms with Gasteiger partial charge in [0.05, 0.1) is 11.0 Å². The maximum Gasteiger partial charge on any atom is 0.323 e. The fraction of sp³-hybridized carbons (Fsp3) is 0.435. The molecule has 2 aromatic carbocycles. The predicted octanol–water partition coefficient (Wildman–Crippen LogP) is 4.63. The number of fused-ring (bicyclic) bond motifs is 1. The molecule has 0 aliphatic heterocycles. The van der Waals surface area contributed by atoms with E-state index >= 15 is 0 Å². The van der Waals surface area contributed by atoms with Crippen molar-refractivity contribution in [3.05, 3.63) is 69.9 Å². The molecule has 0 unspecified atom stereocenters. The molecule has 1 fully saturated rings. The summed E-state index contributed by atoms with van der Waals surface area (Å²) in [5, 5.41) is 3.71. The van der Waals surface area contributed by atoms with Gasteiger partial charge >= 0.3 is 5.69 Å². The largest absolute Gasteiger partial charge is 0.323 e.